The minimum absolute atomic E-state index is 0.141. The first kappa shape index (κ1) is 21.2. The van der Waals surface area contributed by atoms with Crippen molar-refractivity contribution in [3.8, 4) is 0 Å². The molecule has 1 aromatic carbocycles. The molecule has 5 rings (SSSR count). The van der Waals surface area contributed by atoms with E-state index in [4.69, 9.17) is 4.98 Å². The van der Waals surface area contributed by atoms with Crippen molar-refractivity contribution in [2.45, 2.75) is 58.5 Å². The molecular formula is C25H32FN5O. The van der Waals surface area contributed by atoms with Crippen molar-refractivity contribution in [3.05, 3.63) is 46.9 Å². The van der Waals surface area contributed by atoms with Crippen LogP contribution in [0.15, 0.2) is 24.4 Å². The number of carbonyl (C=O) groups excluding carboxylic acids is 1. The van der Waals surface area contributed by atoms with Gasteiger partial charge in [0.2, 0.25) is 5.95 Å². The Labute approximate surface area is 189 Å². The van der Waals surface area contributed by atoms with Gasteiger partial charge in [-0.25, -0.2) is 9.37 Å². The van der Waals surface area contributed by atoms with Gasteiger partial charge in [-0.1, -0.05) is 19.1 Å². The number of nitrogens with one attached hydrogen (secondary N) is 2. The summed E-state index contributed by atoms with van der Waals surface area (Å²) in [5, 5.41) is 6.46. The van der Waals surface area contributed by atoms with E-state index in [9.17, 15) is 9.18 Å². The molecule has 2 unspecified atom stereocenters. The lowest BCUT2D eigenvalue weighted by atomic mass is 9.87. The van der Waals surface area contributed by atoms with E-state index in [0.29, 0.717) is 29.4 Å². The number of rotatable bonds is 6. The summed E-state index contributed by atoms with van der Waals surface area (Å²) < 4.78 is 14.0. The summed E-state index contributed by atoms with van der Waals surface area (Å²) in [4.78, 5) is 24.6. The average molecular weight is 438 g/mol. The molecular weight excluding hydrogens is 405 g/mol. The lowest BCUT2D eigenvalue weighted by Crippen LogP contribution is -2.38. The van der Waals surface area contributed by atoms with Gasteiger partial charge in [-0.05, 0) is 74.0 Å². The van der Waals surface area contributed by atoms with Crippen LogP contribution in [0.5, 0.6) is 0 Å². The van der Waals surface area contributed by atoms with E-state index in [1.807, 2.05) is 6.07 Å². The molecule has 2 aliphatic carbocycles. The highest BCUT2D eigenvalue weighted by atomic mass is 19.1. The number of aryl methyl sites for hydroxylation is 1. The van der Waals surface area contributed by atoms with Gasteiger partial charge >= 0.3 is 0 Å². The molecule has 2 saturated carbocycles. The van der Waals surface area contributed by atoms with Crippen LogP contribution in [-0.4, -0.2) is 35.0 Å². The van der Waals surface area contributed by atoms with E-state index in [1.54, 1.807) is 19.2 Å². The van der Waals surface area contributed by atoms with Crippen LogP contribution in [0.25, 0.3) is 0 Å². The third-order valence-electron chi connectivity index (χ3n) is 7.33. The van der Waals surface area contributed by atoms with Crippen molar-refractivity contribution in [2.24, 2.45) is 17.8 Å². The Hall–Kier alpha value is -2.70. The number of anilines is 2. The number of piperidine rings is 1. The molecule has 1 aromatic heterocycles. The predicted molar refractivity (Wildman–Crippen MR) is 123 cm³/mol. The second-order valence-electron chi connectivity index (χ2n) is 9.96. The van der Waals surface area contributed by atoms with Crippen molar-refractivity contribution >= 4 is 17.7 Å². The van der Waals surface area contributed by atoms with Gasteiger partial charge < -0.3 is 15.5 Å². The molecule has 7 heteroatoms. The third kappa shape index (κ3) is 4.57. The van der Waals surface area contributed by atoms with E-state index in [0.717, 1.165) is 62.1 Å². The summed E-state index contributed by atoms with van der Waals surface area (Å²) in [6.45, 7) is 6.37. The number of amides is 1. The van der Waals surface area contributed by atoms with Crippen molar-refractivity contribution in [3.63, 3.8) is 0 Å². The molecule has 170 valence electrons. The Morgan fingerprint density at radius 2 is 1.94 bits per heavy atom. The highest BCUT2D eigenvalue weighted by molar-refractivity contribution is 5.98. The Morgan fingerprint density at radius 1 is 1.19 bits per heavy atom. The minimum Gasteiger partial charge on any atom is -0.365 e. The summed E-state index contributed by atoms with van der Waals surface area (Å²) >= 11 is 0. The lowest BCUT2D eigenvalue weighted by molar-refractivity contribution is 0.0923. The molecule has 1 aliphatic heterocycles. The van der Waals surface area contributed by atoms with Crippen molar-refractivity contribution in [2.75, 3.05) is 23.3 Å². The zero-order valence-electron chi connectivity index (χ0n) is 18.9. The van der Waals surface area contributed by atoms with Crippen molar-refractivity contribution in [1.29, 1.82) is 0 Å². The van der Waals surface area contributed by atoms with Crippen molar-refractivity contribution in [1.82, 2.24) is 15.3 Å². The standard InChI is InChI=1S/C25H32FN5O/c1-15-3-7-20(8-4-15)29-24(32)21-12-28-25(31-13-18-10-19(18)14-31)30-23(21)27-11-17-6-5-16(2)22(26)9-17/h5-6,9,12,15,18-20H,3-4,7-8,10-11,13-14H2,1-2H3,(H,29,32)(H,27,28,30)/t15-,18?,19?,20-. The molecule has 1 saturated heterocycles. The number of nitrogens with zero attached hydrogens (tertiary/aromatic N) is 3. The Morgan fingerprint density at radius 3 is 2.66 bits per heavy atom. The molecule has 3 aliphatic rings. The van der Waals surface area contributed by atoms with E-state index < -0.39 is 0 Å². The number of carbonyl (C=O) groups is 1. The molecule has 0 spiro atoms. The average Bonchev–Trinajstić information content (AvgIpc) is 3.40. The normalized spacial score (nSPS) is 26.5. The van der Waals surface area contributed by atoms with Crippen LogP contribution in [0.3, 0.4) is 0 Å². The second kappa shape index (κ2) is 8.68. The van der Waals surface area contributed by atoms with Crippen LogP contribution in [0, 0.1) is 30.5 Å². The number of halogens is 1. The quantitative estimate of drug-likeness (QED) is 0.705. The van der Waals surface area contributed by atoms with Gasteiger partial charge in [0.25, 0.3) is 5.91 Å². The number of hydrogen-bond acceptors (Lipinski definition) is 5. The van der Waals surface area contributed by atoms with Gasteiger partial charge in [-0.3, -0.25) is 4.79 Å². The first-order valence-corrected chi connectivity index (χ1v) is 11.9. The van der Waals surface area contributed by atoms with Crippen molar-refractivity contribution < 1.29 is 9.18 Å². The fourth-order valence-corrected chi connectivity index (χ4v) is 4.99. The maximum atomic E-state index is 14.0. The molecule has 2 aromatic rings. The topological polar surface area (TPSA) is 70.2 Å². The lowest BCUT2D eigenvalue weighted by Gasteiger charge is -2.27. The van der Waals surface area contributed by atoms with Crippen LogP contribution in [0.1, 0.15) is 60.5 Å². The predicted octanol–water partition coefficient (Wildman–Crippen LogP) is 4.30. The number of hydrogen-bond donors (Lipinski definition) is 2. The zero-order valence-corrected chi connectivity index (χ0v) is 18.9. The molecule has 1 amide bonds. The third-order valence-corrected chi connectivity index (χ3v) is 7.33. The SMILES string of the molecule is Cc1ccc(CNc2nc(N3CC4CC4C3)ncc2C(=O)N[C@H]2CC[C@H](C)CC2)cc1F. The summed E-state index contributed by atoms with van der Waals surface area (Å²) in [6, 6.07) is 5.39. The minimum atomic E-state index is -0.228. The van der Waals surface area contributed by atoms with Gasteiger partial charge in [-0.15, -0.1) is 0 Å². The van der Waals surface area contributed by atoms with E-state index in [2.05, 4.69) is 27.4 Å². The second-order valence-corrected chi connectivity index (χ2v) is 9.96. The van der Waals surface area contributed by atoms with Crippen LogP contribution in [0.4, 0.5) is 16.2 Å². The van der Waals surface area contributed by atoms with E-state index in [1.165, 1.54) is 12.5 Å². The molecule has 6 nitrogen and oxygen atoms in total. The number of benzene rings is 1. The van der Waals surface area contributed by atoms with Gasteiger partial charge in [0, 0.05) is 31.9 Å². The molecule has 2 atom stereocenters. The Balaban J connectivity index is 1.34. The van der Waals surface area contributed by atoms with E-state index >= 15 is 0 Å². The monoisotopic (exact) mass is 437 g/mol. The zero-order chi connectivity index (χ0) is 22.2. The maximum Gasteiger partial charge on any atom is 0.256 e. The Kier molecular flexibility index (Phi) is 5.74. The highest BCUT2D eigenvalue weighted by Gasteiger charge is 2.46. The van der Waals surface area contributed by atoms with E-state index in [-0.39, 0.29) is 17.8 Å². The number of fused-ring (bicyclic) bond motifs is 1. The summed E-state index contributed by atoms with van der Waals surface area (Å²) in [5.74, 6) is 3.07. The molecule has 0 radical (unpaired) electrons. The van der Waals surface area contributed by atoms with Gasteiger partial charge in [0.05, 0.1) is 0 Å². The summed E-state index contributed by atoms with van der Waals surface area (Å²) in [5.41, 5.74) is 1.88. The summed E-state index contributed by atoms with van der Waals surface area (Å²) in [6.07, 6.45) is 7.25. The first-order chi connectivity index (χ1) is 15.5. The van der Waals surface area contributed by atoms with Crippen LogP contribution >= 0.6 is 0 Å². The maximum absolute atomic E-state index is 14.0. The van der Waals surface area contributed by atoms with Crippen LogP contribution in [0.2, 0.25) is 0 Å². The molecule has 32 heavy (non-hydrogen) atoms. The number of aromatic nitrogens is 2. The van der Waals surface area contributed by atoms with Gasteiger partial charge in [0.1, 0.15) is 17.2 Å². The largest absolute Gasteiger partial charge is 0.365 e. The fraction of sp³-hybridized carbons (Fsp3) is 0.560. The molecule has 2 heterocycles. The van der Waals surface area contributed by atoms with Crippen LogP contribution in [-0.2, 0) is 6.54 Å². The Bertz CT molecular complexity index is 994. The fourth-order valence-electron chi connectivity index (χ4n) is 4.99. The molecule has 2 N–H and O–H groups in total. The molecule has 3 fully saturated rings. The summed E-state index contributed by atoms with van der Waals surface area (Å²) in [7, 11) is 0. The van der Waals surface area contributed by atoms with Crippen LogP contribution < -0.4 is 15.5 Å². The smallest absolute Gasteiger partial charge is 0.256 e. The van der Waals surface area contributed by atoms with Gasteiger partial charge in [-0.2, -0.15) is 4.98 Å². The van der Waals surface area contributed by atoms with Gasteiger partial charge in [0.15, 0.2) is 0 Å². The molecule has 0 bridgehead atoms. The highest BCUT2D eigenvalue weighted by Crippen LogP contribution is 2.45. The first-order valence-electron chi connectivity index (χ1n) is 11.9.